The van der Waals surface area contributed by atoms with Crippen LogP contribution in [-0.4, -0.2) is 22.6 Å². The van der Waals surface area contributed by atoms with Crippen molar-refractivity contribution < 1.29 is 0 Å². The molecule has 50 heavy (non-hydrogen) atoms. The van der Waals surface area contributed by atoms with E-state index in [0.29, 0.717) is 0 Å². The average Bonchev–Trinajstić information content (AvgIpc) is 3.55. The van der Waals surface area contributed by atoms with E-state index in [9.17, 15) is 0 Å². The molecule has 0 radical (unpaired) electrons. The van der Waals surface area contributed by atoms with Gasteiger partial charge >= 0.3 is 0 Å². The van der Waals surface area contributed by atoms with Gasteiger partial charge in [0, 0.05) is 33.2 Å². The molecule has 0 saturated heterocycles. The van der Waals surface area contributed by atoms with E-state index in [1.807, 2.05) is 24.3 Å². The number of rotatable bonds is 5. The quantitative estimate of drug-likeness (QED) is 0.175. The Morgan fingerprint density at radius 3 is 1.68 bits per heavy atom. The number of nitrogens with zero attached hydrogens (tertiary/aromatic N) is 3. The molecule has 0 fully saturated rings. The zero-order chi connectivity index (χ0) is 33.1. The Balaban J connectivity index is 1.22. The maximum Gasteiger partial charge on any atom is 0.184 e. The molecule has 0 spiro atoms. The summed E-state index contributed by atoms with van der Waals surface area (Å²) in [6.45, 7) is 0. The summed E-state index contributed by atoms with van der Waals surface area (Å²) in [6, 6.07) is 68.1. The summed E-state index contributed by atoms with van der Waals surface area (Å²) in [5.74, 6) is 0.724. The van der Waals surface area contributed by atoms with Gasteiger partial charge < -0.3 is 4.57 Å². The number of aromatic nitrogens is 3. The lowest BCUT2D eigenvalue weighted by atomic mass is 10.1. The number of hydrogen-bond donors (Lipinski definition) is 0. The molecule has 0 saturated carbocycles. The van der Waals surface area contributed by atoms with Gasteiger partial charge in [-0.1, -0.05) is 170 Å². The fourth-order valence-corrected chi connectivity index (χ4v) is 13.2. The molecule has 0 N–H and O–H groups in total. The molecule has 3 nitrogen and oxygen atoms in total. The highest BCUT2D eigenvalue weighted by atomic mass is 28.3. The van der Waals surface area contributed by atoms with E-state index in [-0.39, 0.29) is 0 Å². The molecule has 1 unspecified atom stereocenters. The largest absolute Gasteiger partial charge is 0.309 e. The van der Waals surface area contributed by atoms with Crippen LogP contribution in [-0.2, 0) is 0 Å². The van der Waals surface area contributed by atoms with Gasteiger partial charge in [-0.05, 0) is 38.9 Å². The van der Waals surface area contributed by atoms with Gasteiger partial charge in [0.2, 0.25) is 0 Å². The van der Waals surface area contributed by atoms with Crippen LogP contribution in [0.5, 0.6) is 0 Å². The van der Waals surface area contributed by atoms with E-state index in [2.05, 4.69) is 168 Å². The van der Waals surface area contributed by atoms with Gasteiger partial charge in [-0.2, -0.15) is 0 Å². The van der Waals surface area contributed by atoms with Crippen LogP contribution in [0.15, 0.2) is 188 Å². The van der Waals surface area contributed by atoms with Crippen molar-refractivity contribution in [1.82, 2.24) is 14.5 Å². The number of para-hydroxylation sites is 3. The Kier molecular flexibility index (Phi) is 6.51. The van der Waals surface area contributed by atoms with E-state index in [4.69, 9.17) is 9.97 Å². The first kappa shape index (κ1) is 28.6. The van der Waals surface area contributed by atoms with Crippen molar-refractivity contribution in [1.29, 1.82) is 0 Å². The predicted molar refractivity (Wildman–Crippen MR) is 210 cm³/mol. The number of benzene rings is 7. The van der Waals surface area contributed by atoms with Crippen molar-refractivity contribution in [2.45, 2.75) is 0 Å². The smallest absolute Gasteiger partial charge is 0.184 e. The second kappa shape index (κ2) is 11.4. The van der Waals surface area contributed by atoms with Crippen molar-refractivity contribution in [2.24, 2.45) is 0 Å². The van der Waals surface area contributed by atoms with Gasteiger partial charge in [0.05, 0.1) is 22.4 Å². The molecule has 0 bridgehead atoms. The third-order valence-electron chi connectivity index (χ3n) is 10.3. The van der Waals surface area contributed by atoms with Crippen LogP contribution in [0.25, 0.3) is 61.4 Å². The fourth-order valence-electron chi connectivity index (χ4n) is 8.14. The van der Waals surface area contributed by atoms with E-state index >= 15 is 0 Å². The SMILES string of the molecule is c1ccc(-c2cc(-c3ccc([Si]4(c5ccccc5)c5ccccc5-n5c6ccccc6c6cccc4c65)cc3)nc(-c3ccccc3)n2)cc1. The lowest BCUT2D eigenvalue weighted by molar-refractivity contribution is 1.18. The standard InChI is InChI=1S/C46H31N3Si/c1-4-15-32(16-5-1)39-31-40(48-46(47-39)34-17-6-2-7-18-34)33-27-29-36(30-28-33)50(35-19-8-3-9-20-35)43-25-13-12-24-42(43)49-41-23-11-10-21-37(41)38-22-14-26-44(50)45(38)49/h1-31H. The lowest BCUT2D eigenvalue weighted by Crippen LogP contribution is -2.76. The predicted octanol–water partition coefficient (Wildman–Crippen LogP) is 8.27. The molecule has 3 heterocycles. The van der Waals surface area contributed by atoms with Crippen molar-refractivity contribution in [3.8, 4) is 39.6 Å². The van der Waals surface area contributed by atoms with Gasteiger partial charge in [-0.15, -0.1) is 0 Å². The Morgan fingerprint density at radius 1 is 0.400 bits per heavy atom. The minimum absolute atomic E-state index is 0.724. The summed E-state index contributed by atoms with van der Waals surface area (Å²) in [5.41, 5.74) is 8.80. The van der Waals surface area contributed by atoms with E-state index < -0.39 is 8.07 Å². The van der Waals surface area contributed by atoms with Crippen molar-refractivity contribution >= 4 is 50.6 Å². The first-order chi connectivity index (χ1) is 24.8. The highest BCUT2D eigenvalue weighted by molar-refractivity contribution is 7.21. The highest BCUT2D eigenvalue weighted by Gasteiger charge is 2.47. The summed E-state index contributed by atoms with van der Waals surface area (Å²) in [5, 5.41) is 8.15. The van der Waals surface area contributed by atoms with Gasteiger partial charge in [0.15, 0.2) is 13.9 Å². The zero-order valence-electron chi connectivity index (χ0n) is 27.2. The normalized spacial score (nSPS) is 14.9. The molecule has 7 aromatic carbocycles. The lowest BCUT2D eigenvalue weighted by Gasteiger charge is -2.39. The number of fused-ring (bicyclic) bond motifs is 5. The minimum atomic E-state index is -2.77. The molecular weight excluding hydrogens is 623 g/mol. The van der Waals surface area contributed by atoms with E-state index in [1.54, 1.807) is 0 Å². The van der Waals surface area contributed by atoms with Crippen molar-refractivity contribution in [3.63, 3.8) is 0 Å². The summed E-state index contributed by atoms with van der Waals surface area (Å²) < 4.78 is 2.51. The van der Waals surface area contributed by atoms with E-state index in [1.165, 1.54) is 48.2 Å². The second-order valence-electron chi connectivity index (χ2n) is 13.0. The summed E-state index contributed by atoms with van der Waals surface area (Å²) in [6.07, 6.45) is 0. The molecule has 0 amide bonds. The monoisotopic (exact) mass is 653 g/mol. The molecule has 0 aliphatic carbocycles. The van der Waals surface area contributed by atoms with Crippen molar-refractivity contribution in [2.75, 3.05) is 0 Å². The molecule has 10 rings (SSSR count). The van der Waals surface area contributed by atoms with Gasteiger partial charge in [0.25, 0.3) is 0 Å². The Bertz CT molecular complexity index is 2630. The molecule has 2 aromatic heterocycles. The third-order valence-corrected chi connectivity index (χ3v) is 15.1. The van der Waals surface area contributed by atoms with Crippen molar-refractivity contribution in [3.05, 3.63) is 188 Å². The molecular formula is C46H31N3Si. The molecule has 234 valence electrons. The van der Waals surface area contributed by atoms with Gasteiger partial charge in [-0.3, -0.25) is 0 Å². The number of hydrogen-bond acceptors (Lipinski definition) is 2. The Hall–Kier alpha value is -6.36. The van der Waals surface area contributed by atoms with Gasteiger partial charge in [0.1, 0.15) is 0 Å². The molecule has 4 heteroatoms. The van der Waals surface area contributed by atoms with E-state index in [0.717, 1.165) is 33.9 Å². The molecule has 9 aromatic rings. The van der Waals surface area contributed by atoms with Crippen LogP contribution in [0, 0.1) is 0 Å². The Labute approximate surface area is 291 Å². The second-order valence-corrected chi connectivity index (χ2v) is 16.7. The molecule has 1 atom stereocenters. The van der Waals surface area contributed by atoms with Gasteiger partial charge in [-0.25, -0.2) is 9.97 Å². The van der Waals surface area contributed by atoms with Crippen LogP contribution in [0.2, 0.25) is 0 Å². The highest BCUT2D eigenvalue weighted by Crippen LogP contribution is 2.35. The topological polar surface area (TPSA) is 30.7 Å². The molecule has 1 aliphatic heterocycles. The third kappa shape index (κ3) is 4.22. The fraction of sp³-hybridized carbons (Fsp3) is 0. The average molecular weight is 654 g/mol. The van der Waals surface area contributed by atoms with Crippen LogP contribution in [0.3, 0.4) is 0 Å². The minimum Gasteiger partial charge on any atom is -0.309 e. The van der Waals surface area contributed by atoms with Crippen LogP contribution >= 0.6 is 0 Å². The Morgan fingerprint density at radius 2 is 0.940 bits per heavy atom. The maximum absolute atomic E-state index is 5.14. The first-order valence-corrected chi connectivity index (χ1v) is 19.1. The van der Waals surface area contributed by atoms with Crippen LogP contribution < -0.4 is 20.7 Å². The summed E-state index contributed by atoms with van der Waals surface area (Å²) in [7, 11) is -2.77. The maximum atomic E-state index is 5.14. The van der Waals surface area contributed by atoms with Crippen LogP contribution in [0.4, 0.5) is 0 Å². The van der Waals surface area contributed by atoms with Crippen LogP contribution in [0.1, 0.15) is 0 Å². The summed E-state index contributed by atoms with van der Waals surface area (Å²) >= 11 is 0. The zero-order valence-corrected chi connectivity index (χ0v) is 28.2. The molecule has 1 aliphatic rings. The summed E-state index contributed by atoms with van der Waals surface area (Å²) in [4.78, 5) is 10.2. The first-order valence-electron chi connectivity index (χ1n) is 17.1.